The predicted octanol–water partition coefficient (Wildman–Crippen LogP) is 3.18. The van der Waals surface area contributed by atoms with E-state index < -0.39 is 0 Å². The number of hydrogen-bond acceptors (Lipinski definition) is 6. The Labute approximate surface area is 113 Å². The molecule has 1 aromatic carbocycles. The quantitative estimate of drug-likeness (QED) is 0.674. The Bertz CT molecular complexity index is 467. The maximum Gasteiger partial charge on any atom is 0.175 e. The summed E-state index contributed by atoms with van der Waals surface area (Å²) in [4.78, 5) is 0. The lowest BCUT2D eigenvalue weighted by molar-refractivity contribution is 0.954. The number of nitrogens with two attached hydrogens (primary N) is 1. The Morgan fingerprint density at radius 3 is 2.53 bits per heavy atom. The van der Waals surface area contributed by atoms with E-state index >= 15 is 0 Å². The highest BCUT2D eigenvalue weighted by atomic mass is 32.2. The Morgan fingerprint density at radius 2 is 1.88 bits per heavy atom. The molecule has 1 aromatic heterocycles. The number of hydrogen-bond donors (Lipinski definition) is 1. The molecule has 2 N–H and O–H groups in total. The van der Waals surface area contributed by atoms with Crippen LogP contribution in [0.5, 0.6) is 0 Å². The summed E-state index contributed by atoms with van der Waals surface area (Å²) in [5, 5.41) is 8.19. The molecule has 90 valence electrons. The van der Waals surface area contributed by atoms with Crippen molar-refractivity contribution < 1.29 is 0 Å². The first-order chi connectivity index (χ1) is 8.28. The fourth-order valence-corrected chi connectivity index (χ4v) is 3.78. The predicted molar refractivity (Wildman–Crippen MR) is 77.0 cm³/mol. The van der Waals surface area contributed by atoms with Gasteiger partial charge in [-0.05, 0) is 30.4 Å². The van der Waals surface area contributed by atoms with Crippen molar-refractivity contribution in [3.8, 4) is 0 Å². The smallest absolute Gasteiger partial charge is 0.175 e. The average molecular weight is 283 g/mol. The van der Waals surface area contributed by atoms with Gasteiger partial charge in [-0.15, -0.1) is 10.2 Å². The van der Waals surface area contributed by atoms with Crippen LogP contribution >= 0.6 is 34.9 Å². The van der Waals surface area contributed by atoms with Crippen LogP contribution in [0.3, 0.4) is 0 Å². The van der Waals surface area contributed by atoms with E-state index in [1.54, 1.807) is 34.9 Å². The molecule has 0 aliphatic rings. The molecule has 1 heterocycles. The monoisotopic (exact) mass is 283 g/mol. The molecule has 0 aliphatic carbocycles. The van der Waals surface area contributed by atoms with Crippen LogP contribution in [0.15, 0.2) is 32.9 Å². The first-order valence-corrected chi connectivity index (χ1v) is 8.15. The van der Waals surface area contributed by atoms with E-state index in [-0.39, 0.29) is 0 Å². The molecule has 0 aliphatic heterocycles. The summed E-state index contributed by atoms with van der Waals surface area (Å²) in [7, 11) is 0. The Kier molecular flexibility index (Phi) is 4.70. The summed E-state index contributed by atoms with van der Waals surface area (Å²) in [6.45, 7) is 0. The molecular formula is C11H13N3S3. The first kappa shape index (κ1) is 12.7. The normalized spacial score (nSPS) is 10.6. The van der Waals surface area contributed by atoms with Gasteiger partial charge in [0.15, 0.2) is 8.68 Å². The molecule has 17 heavy (non-hydrogen) atoms. The SMILES string of the molecule is CSc1nnc(SCCc2ccc(N)cc2)s1. The zero-order valence-electron chi connectivity index (χ0n) is 9.42. The molecule has 6 heteroatoms. The summed E-state index contributed by atoms with van der Waals surface area (Å²) < 4.78 is 2.07. The summed E-state index contributed by atoms with van der Waals surface area (Å²) in [6.07, 6.45) is 3.04. The Hall–Kier alpha value is -0.720. The van der Waals surface area contributed by atoms with Crippen LogP contribution in [0.2, 0.25) is 0 Å². The Morgan fingerprint density at radius 1 is 1.18 bits per heavy atom. The van der Waals surface area contributed by atoms with Gasteiger partial charge in [0.1, 0.15) is 0 Å². The highest BCUT2D eigenvalue weighted by Crippen LogP contribution is 2.27. The van der Waals surface area contributed by atoms with Crippen LogP contribution in [0, 0.1) is 0 Å². The van der Waals surface area contributed by atoms with Crippen LogP contribution < -0.4 is 5.73 Å². The van der Waals surface area contributed by atoms with Crippen molar-refractivity contribution in [1.82, 2.24) is 10.2 Å². The van der Waals surface area contributed by atoms with Gasteiger partial charge in [-0.25, -0.2) is 0 Å². The summed E-state index contributed by atoms with van der Waals surface area (Å²) in [5.41, 5.74) is 7.76. The van der Waals surface area contributed by atoms with E-state index in [9.17, 15) is 0 Å². The van der Waals surface area contributed by atoms with Gasteiger partial charge in [-0.3, -0.25) is 0 Å². The van der Waals surface area contributed by atoms with Gasteiger partial charge in [-0.1, -0.05) is 47.0 Å². The Balaban J connectivity index is 1.81. The summed E-state index contributed by atoms with van der Waals surface area (Å²) in [5.74, 6) is 1.02. The third-order valence-electron chi connectivity index (χ3n) is 2.16. The largest absolute Gasteiger partial charge is 0.399 e. The number of anilines is 1. The van der Waals surface area contributed by atoms with Gasteiger partial charge in [0, 0.05) is 11.4 Å². The van der Waals surface area contributed by atoms with Gasteiger partial charge in [0.2, 0.25) is 0 Å². The molecule has 0 fully saturated rings. The third kappa shape index (κ3) is 3.90. The zero-order chi connectivity index (χ0) is 12.1. The molecule has 3 nitrogen and oxygen atoms in total. The molecule has 2 rings (SSSR count). The van der Waals surface area contributed by atoms with Crippen molar-refractivity contribution in [3.63, 3.8) is 0 Å². The standard InChI is InChI=1S/C11H13N3S3/c1-15-10-13-14-11(17-10)16-7-6-8-2-4-9(12)5-3-8/h2-5H,6-7,12H2,1H3. The highest BCUT2D eigenvalue weighted by molar-refractivity contribution is 8.02. The van der Waals surface area contributed by atoms with Crippen LogP contribution in [-0.4, -0.2) is 22.2 Å². The van der Waals surface area contributed by atoms with Crippen LogP contribution in [0.1, 0.15) is 5.56 Å². The van der Waals surface area contributed by atoms with Crippen molar-refractivity contribution >= 4 is 40.5 Å². The van der Waals surface area contributed by atoms with E-state index in [1.165, 1.54) is 5.56 Å². The number of nitrogens with zero attached hydrogens (tertiary/aromatic N) is 2. The number of nitrogen functional groups attached to an aromatic ring is 1. The fraction of sp³-hybridized carbons (Fsp3) is 0.273. The second-order valence-electron chi connectivity index (χ2n) is 3.38. The van der Waals surface area contributed by atoms with Gasteiger partial charge in [0.05, 0.1) is 0 Å². The van der Waals surface area contributed by atoms with Crippen molar-refractivity contribution in [3.05, 3.63) is 29.8 Å². The molecule has 0 spiro atoms. The maximum absolute atomic E-state index is 5.64. The van der Waals surface area contributed by atoms with Gasteiger partial charge in [-0.2, -0.15) is 0 Å². The molecule has 0 amide bonds. The molecule has 0 bridgehead atoms. The highest BCUT2D eigenvalue weighted by Gasteiger charge is 2.03. The number of aromatic nitrogens is 2. The summed E-state index contributed by atoms with van der Waals surface area (Å²) in [6, 6.07) is 8.03. The topological polar surface area (TPSA) is 51.8 Å². The molecular weight excluding hydrogens is 270 g/mol. The van der Waals surface area contributed by atoms with Crippen LogP contribution in [0.25, 0.3) is 0 Å². The lowest BCUT2D eigenvalue weighted by atomic mass is 10.2. The molecule has 2 aromatic rings. The molecule has 0 atom stereocenters. The average Bonchev–Trinajstić information content (AvgIpc) is 2.80. The van der Waals surface area contributed by atoms with Crippen molar-refractivity contribution in [2.75, 3.05) is 17.7 Å². The molecule has 0 saturated heterocycles. The number of rotatable bonds is 5. The lowest BCUT2D eigenvalue weighted by Gasteiger charge is -2.00. The third-order valence-corrected chi connectivity index (χ3v) is 5.19. The van der Waals surface area contributed by atoms with E-state index in [0.717, 1.165) is 26.5 Å². The van der Waals surface area contributed by atoms with E-state index in [4.69, 9.17) is 5.73 Å². The second-order valence-corrected chi connectivity index (χ2v) is 6.75. The van der Waals surface area contributed by atoms with Crippen molar-refractivity contribution in [1.29, 1.82) is 0 Å². The first-order valence-electron chi connectivity index (χ1n) is 5.12. The summed E-state index contributed by atoms with van der Waals surface area (Å²) >= 11 is 5.05. The van der Waals surface area contributed by atoms with Gasteiger partial charge < -0.3 is 5.73 Å². The van der Waals surface area contributed by atoms with Crippen LogP contribution in [-0.2, 0) is 6.42 Å². The minimum absolute atomic E-state index is 0.815. The number of thioether (sulfide) groups is 2. The van der Waals surface area contributed by atoms with E-state index in [2.05, 4.69) is 22.3 Å². The van der Waals surface area contributed by atoms with Gasteiger partial charge >= 0.3 is 0 Å². The molecule has 0 saturated carbocycles. The van der Waals surface area contributed by atoms with E-state index in [0.29, 0.717) is 0 Å². The second kappa shape index (κ2) is 6.28. The van der Waals surface area contributed by atoms with Gasteiger partial charge in [0.25, 0.3) is 0 Å². The van der Waals surface area contributed by atoms with E-state index in [1.807, 2.05) is 18.4 Å². The molecule has 0 radical (unpaired) electrons. The zero-order valence-corrected chi connectivity index (χ0v) is 11.9. The maximum atomic E-state index is 5.64. The van der Waals surface area contributed by atoms with Crippen molar-refractivity contribution in [2.24, 2.45) is 0 Å². The van der Waals surface area contributed by atoms with Crippen molar-refractivity contribution in [2.45, 2.75) is 15.1 Å². The minimum Gasteiger partial charge on any atom is -0.399 e. The van der Waals surface area contributed by atoms with Crippen LogP contribution in [0.4, 0.5) is 5.69 Å². The number of benzene rings is 1. The minimum atomic E-state index is 0.815. The lowest BCUT2D eigenvalue weighted by Crippen LogP contribution is -1.90. The molecule has 0 unspecified atom stereocenters. The number of aryl methyl sites for hydroxylation is 1. The fourth-order valence-electron chi connectivity index (χ4n) is 1.28.